The molecular formula is C42H56N8O10. The van der Waals surface area contributed by atoms with Crippen molar-refractivity contribution in [2.45, 2.75) is 82.2 Å². The first-order chi connectivity index (χ1) is 28.6. The Balaban J connectivity index is 1.45. The average molecular weight is 833 g/mol. The van der Waals surface area contributed by atoms with E-state index in [1.165, 1.54) is 28.7 Å². The monoisotopic (exact) mass is 832 g/mol. The van der Waals surface area contributed by atoms with E-state index in [4.69, 9.17) is 9.47 Å². The number of benzene rings is 2. The van der Waals surface area contributed by atoms with Crippen LogP contribution in [0.5, 0.6) is 0 Å². The Kier molecular flexibility index (Phi) is 15.6. The fourth-order valence-electron chi connectivity index (χ4n) is 7.71. The zero-order valence-corrected chi connectivity index (χ0v) is 34.8. The van der Waals surface area contributed by atoms with Gasteiger partial charge < -0.3 is 45.4 Å². The van der Waals surface area contributed by atoms with E-state index in [1.807, 2.05) is 6.92 Å². The smallest absolute Gasteiger partial charge is 0.328 e. The third kappa shape index (κ3) is 11.8. The van der Waals surface area contributed by atoms with Gasteiger partial charge in [-0.25, -0.2) is 9.59 Å². The fourth-order valence-corrected chi connectivity index (χ4v) is 7.71. The molecule has 3 fully saturated rings. The van der Waals surface area contributed by atoms with E-state index in [0.29, 0.717) is 17.7 Å². The Morgan fingerprint density at radius 3 is 2.28 bits per heavy atom. The van der Waals surface area contributed by atoms with E-state index in [2.05, 4.69) is 21.3 Å². The summed E-state index contributed by atoms with van der Waals surface area (Å²) in [5, 5.41) is 10.8. The Labute approximate surface area is 349 Å². The minimum atomic E-state index is -1.51. The van der Waals surface area contributed by atoms with Gasteiger partial charge in [-0.3, -0.25) is 33.7 Å². The van der Waals surface area contributed by atoms with E-state index in [1.54, 1.807) is 79.7 Å². The van der Waals surface area contributed by atoms with Crippen LogP contribution in [0.3, 0.4) is 0 Å². The quantitative estimate of drug-likeness (QED) is 0.229. The molecule has 2 aromatic carbocycles. The lowest BCUT2D eigenvalue weighted by Crippen LogP contribution is -2.61. The molecule has 2 aromatic rings. The van der Waals surface area contributed by atoms with E-state index in [9.17, 15) is 38.4 Å². The third-order valence-electron chi connectivity index (χ3n) is 10.8. The number of hydrogen-bond acceptors (Lipinski definition) is 11. The summed E-state index contributed by atoms with van der Waals surface area (Å²) in [4.78, 5) is 116. The van der Waals surface area contributed by atoms with Crippen LogP contribution >= 0.6 is 0 Å². The number of rotatable bonds is 11. The first kappa shape index (κ1) is 45.1. The zero-order valence-electron chi connectivity index (χ0n) is 34.8. The molecule has 7 amide bonds. The van der Waals surface area contributed by atoms with E-state index in [-0.39, 0.29) is 57.8 Å². The molecule has 4 N–H and O–H groups in total. The number of nitrogens with one attached hydrogen (secondary N) is 4. The number of nitrogens with zero attached hydrogens (tertiary/aromatic N) is 4. The standard InChI is InChI=1S/C42H56N8O10/c1-26-21-34-41(57)60-25-31(45-36(52)30(22-28-13-8-6-9-14-28)46-42(58)44-29-15-10-7-11-16-29)39(55)49-19-12-17-33(49)40(56)48(5)32(18-20-59-35(51)24-47(3)4)37(53)43-27(2)38(54)50(34)23-26/h6-11,13-16,26-27,30-34H,12,17-25H2,1-5H3,(H,43,53)(H,45,52)(H2,44,46,58). The van der Waals surface area contributed by atoms with Gasteiger partial charge in [0.2, 0.25) is 29.5 Å². The molecule has 7 atom stereocenters. The number of carbonyl (C=O) groups excluding carboxylic acids is 8. The summed E-state index contributed by atoms with van der Waals surface area (Å²) in [5.74, 6) is -4.78. The van der Waals surface area contributed by atoms with Gasteiger partial charge in [0, 0.05) is 38.7 Å². The summed E-state index contributed by atoms with van der Waals surface area (Å²) in [6.45, 7) is 2.79. The number of ether oxygens (including phenoxy) is 2. The minimum Gasteiger partial charge on any atom is -0.465 e. The Hall–Kier alpha value is -6.04. The fraction of sp³-hybridized carbons (Fsp3) is 0.524. The molecule has 3 heterocycles. The van der Waals surface area contributed by atoms with Crippen LogP contribution < -0.4 is 21.3 Å². The number of likely N-dealkylation sites (N-methyl/N-ethyl adjacent to an activating group) is 2. The molecule has 18 nitrogen and oxygen atoms in total. The van der Waals surface area contributed by atoms with E-state index >= 15 is 0 Å². The predicted octanol–water partition coefficient (Wildman–Crippen LogP) is 0.516. The van der Waals surface area contributed by atoms with Crippen LogP contribution in [-0.2, 0) is 49.5 Å². The molecule has 60 heavy (non-hydrogen) atoms. The van der Waals surface area contributed by atoms with Gasteiger partial charge in [-0.2, -0.15) is 0 Å². The highest BCUT2D eigenvalue weighted by Crippen LogP contribution is 2.26. The van der Waals surface area contributed by atoms with Gasteiger partial charge in [-0.15, -0.1) is 0 Å². The van der Waals surface area contributed by atoms with Crippen molar-refractivity contribution in [1.29, 1.82) is 0 Å². The number of anilines is 1. The zero-order chi connectivity index (χ0) is 43.5. The largest absolute Gasteiger partial charge is 0.465 e. The second kappa shape index (κ2) is 20.8. The topological polar surface area (TPSA) is 216 Å². The van der Waals surface area contributed by atoms with Crippen LogP contribution in [0.2, 0.25) is 0 Å². The van der Waals surface area contributed by atoms with Crippen molar-refractivity contribution in [3.63, 3.8) is 0 Å². The average Bonchev–Trinajstić information content (AvgIpc) is 3.87. The maximum absolute atomic E-state index is 14.6. The minimum absolute atomic E-state index is 0.00414. The third-order valence-corrected chi connectivity index (χ3v) is 10.8. The first-order valence-electron chi connectivity index (χ1n) is 20.2. The lowest BCUT2D eigenvalue weighted by Gasteiger charge is -2.35. The Morgan fingerprint density at radius 2 is 1.60 bits per heavy atom. The number of para-hydroxylation sites is 1. The second-order valence-corrected chi connectivity index (χ2v) is 15.9. The lowest BCUT2D eigenvalue weighted by molar-refractivity contribution is -0.158. The van der Waals surface area contributed by atoms with Gasteiger partial charge in [-0.05, 0) is 63.9 Å². The van der Waals surface area contributed by atoms with Crippen LogP contribution in [0.25, 0.3) is 0 Å². The molecule has 7 unspecified atom stereocenters. The molecule has 3 aliphatic heterocycles. The van der Waals surface area contributed by atoms with Crippen molar-refractivity contribution in [3.8, 4) is 0 Å². The Bertz CT molecular complexity index is 1880. The molecular weight excluding hydrogens is 777 g/mol. The number of fused-ring (bicyclic) bond motifs is 2. The van der Waals surface area contributed by atoms with Crippen molar-refractivity contribution in [2.75, 3.05) is 59.3 Å². The molecule has 0 aromatic heterocycles. The number of urea groups is 1. The van der Waals surface area contributed by atoms with Gasteiger partial charge in [0.05, 0.1) is 13.2 Å². The molecule has 18 heteroatoms. The summed E-state index contributed by atoms with van der Waals surface area (Å²) >= 11 is 0. The second-order valence-electron chi connectivity index (χ2n) is 15.9. The van der Waals surface area contributed by atoms with Crippen molar-refractivity contribution in [3.05, 3.63) is 66.2 Å². The summed E-state index contributed by atoms with van der Waals surface area (Å²) in [7, 11) is 4.80. The molecule has 3 aliphatic rings. The number of hydrogen-bond donors (Lipinski definition) is 4. The SMILES string of the molecule is CC1CC2C(=O)OCC(NC(=O)C(Cc3ccccc3)NC(=O)Nc3ccccc3)C(=O)N3CCCC3C(=O)N(C)C(CCOC(=O)CN(C)C)C(=O)NC(C)C(=O)N2C1. The van der Waals surface area contributed by atoms with Crippen LogP contribution in [0.15, 0.2) is 60.7 Å². The maximum atomic E-state index is 14.6. The highest BCUT2D eigenvalue weighted by molar-refractivity contribution is 5.98. The van der Waals surface area contributed by atoms with Gasteiger partial charge in [0.25, 0.3) is 0 Å². The molecule has 0 bridgehead atoms. The van der Waals surface area contributed by atoms with Gasteiger partial charge in [0.1, 0.15) is 42.9 Å². The molecule has 3 saturated heterocycles. The van der Waals surface area contributed by atoms with Crippen molar-refractivity contribution in [2.24, 2.45) is 5.92 Å². The van der Waals surface area contributed by atoms with Gasteiger partial charge in [0.15, 0.2) is 0 Å². The summed E-state index contributed by atoms with van der Waals surface area (Å²) in [6, 6.07) is 9.71. The molecule has 324 valence electrons. The highest BCUT2D eigenvalue weighted by Gasteiger charge is 2.45. The first-order valence-corrected chi connectivity index (χ1v) is 20.2. The van der Waals surface area contributed by atoms with Crippen molar-refractivity contribution < 1.29 is 47.8 Å². The maximum Gasteiger partial charge on any atom is 0.328 e. The summed E-state index contributed by atoms with van der Waals surface area (Å²) in [5.41, 5.74) is 1.19. The predicted molar refractivity (Wildman–Crippen MR) is 218 cm³/mol. The van der Waals surface area contributed by atoms with Crippen LogP contribution in [0.1, 0.15) is 45.1 Å². The number of cyclic esters (lactones) is 1. The van der Waals surface area contributed by atoms with Crippen LogP contribution in [0, 0.1) is 5.92 Å². The molecule has 0 radical (unpaired) electrons. The van der Waals surface area contributed by atoms with E-state index in [0.717, 1.165) is 0 Å². The lowest BCUT2D eigenvalue weighted by atomic mass is 10.0. The summed E-state index contributed by atoms with van der Waals surface area (Å²) in [6.07, 6.45) is 0.810. The molecule has 0 aliphatic carbocycles. The normalized spacial score (nSPS) is 24.6. The van der Waals surface area contributed by atoms with Crippen molar-refractivity contribution in [1.82, 2.24) is 35.6 Å². The number of carbonyl (C=O) groups is 8. The Morgan fingerprint density at radius 1 is 0.917 bits per heavy atom. The van der Waals surface area contributed by atoms with Crippen LogP contribution in [-0.4, -0.2) is 157 Å². The molecule has 5 rings (SSSR count). The van der Waals surface area contributed by atoms with E-state index < -0.39 is 90.4 Å². The number of esters is 2. The van der Waals surface area contributed by atoms with Gasteiger partial charge in [-0.1, -0.05) is 55.5 Å². The number of amides is 7. The molecule has 0 saturated carbocycles. The van der Waals surface area contributed by atoms with Crippen molar-refractivity contribution >= 4 is 53.2 Å². The summed E-state index contributed by atoms with van der Waals surface area (Å²) < 4.78 is 11.1. The molecule has 0 spiro atoms. The van der Waals surface area contributed by atoms with Crippen LogP contribution in [0.4, 0.5) is 10.5 Å². The van der Waals surface area contributed by atoms with Gasteiger partial charge >= 0.3 is 18.0 Å². The highest BCUT2D eigenvalue weighted by atomic mass is 16.5.